The van der Waals surface area contributed by atoms with Gasteiger partial charge in [0.15, 0.2) is 11.6 Å². The first-order valence-electron chi connectivity index (χ1n) is 10.5. The minimum absolute atomic E-state index is 0.0423. The minimum atomic E-state index is -5.08. The van der Waals surface area contributed by atoms with Crippen LogP contribution in [0.3, 0.4) is 0 Å². The van der Waals surface area contributed by atoms with Gasteiger partial charge in [-0.2, -0.15) is 31.3 Å². The number of nitrogens with one attached hydrogen (secondary N) is 1. The van der Waals surface area contributed by atoms with Crippen LogP contribution in [0, 0.1) is 11.7 Å². The molecule has 7 N–H and O–H groups in total. The summed E-state index contributed by atoms with van der Waals surface area (Å²) in [6, 6.07) is 1.42. The van der Waals surface area contributed by atoms with Crippen LogP contribution in [0.15, 0.2) is 6.07 Å². The Morgan fingerprint density at radius 3 is 1.84 bits per heavy atom. The van der Waals surface area contributed by atoms with Crippen molar-refractivity contribution < 1.29 is 60.1 Å². The Bertz CT molecular complexity index is 894. The minimum Gasteiger partial charge on any atom is -0.477 e. The van der Waals surface area contributed by atoms with Crippen molar-refractivity contribution in [1.82, 2.24) is 4.98 Å². The number of carboxylic acid groups (broad SMARTS) is 2. The number of rotatable bonds is 6. The average molecular weight is 552 g/mol. The number of amides is 1. The van der Waals surface area contributed by atoms with E-state index in [1.165, 1.54) is 0 Å². The van der Waals surface area contributed by atoms with Crippen molar-refractivity contribution in [2.45, 2.75) is 64.0 Å². The molecule has 1 amide bonds. The molecule has 1 aromatic heterocycles. The maximum Gasteiger partial charge on any atom is 0.490 e. The Morgan fingerprint density at radius 1 is 1.05 bits per heavy atom. The summed E-state index contributed by atoms with van der Waals surface area (Å²) in [5.41, 5.74) is 11.1. The van der Waals surface area contributed by atoms with Gasteiger partial charge in [0.1, 0.15) is 5.56 Å². The number of aromatic nitrogens is 1. The van der Waals surface area contributed by atoms with Crippen LogP contribution < -0.4 is 21.5 Å². The first-order chi connectivity index (χ1) is 16.7. The van der Waals surface area contributed by atoms with Crippen molar-refractivity contribution >= 4 is 23.7 Å². The standard InChI is InChI=1S/C16H25FN4O2.2C2HF3O2/c1-9(2)8-23-16-12(14(19)22)7-13(17)15(21-16)20-11-5-3-10(18)4-6-11;2*3-2(4,5)1(6)7/h7,9-11H,3-6,8,18H2,1-2H3,(H2,19,22)(H,20,21);2*(H,6,7). The van der Waals surface area contributed by atoms with Crippen LogP contribution in [-0.4, -0.2) is 64.1 Å². The number of primary amides is 1. The van der Waals surface area contributed by atoms with Crippen LogP contribution in [0.5, 0.6) is 5.88 Å². The molecule has 0 spiro atoms. The number of halogens is 7. The highest BCUT2D eigenvalue weighted by Crippen LogP contribution is 2.26. The maximum absolute atomic E-state index is 14.2. The summed E-state index contributed by atoms with van der Waals surface area (Å²) in [4.78, 5) is 33.4. The van der Waals surface area contributed by atoms with Crippen LogP contribution in [-0.2, 0) is 9.59 Å². The fourth-order valence-electron chi connectivity index (χ4n) is 2.56. The molecule has 0 saturated heterocycles. The Hall–Kier alpha value is -3.37. The molecule has 1 aliphatic carbocycles. The summed E-state index contributed by atoms with van der Waals surface area (Å²) < 4.78 is 83.2. The number of nitrogens with two attached hydrogens (primary N) is 2. The van der Waals surface area contributed by atoms with Gasteiger partial charge in [-0.25, -0.2) is 14.0 Å². The zero-order chi connectivity index (χ0) is 29.1. The lowest BCUT2D eigenvalue weighted by Gasteiger charge is -2.27. The topological polar surface area (TPSA) is 178 Å². The van der Waals surface area contributed by atoms with E-state index in [0.717, 1.165) is 31.7 Å². The second kappa shape index (κ2) is 14.4. The van der Waals surface area contributed by atoms with E-state index in [1.807, 2.05) is 13.8 Å². The van der Waals surface area contributed by atoms with Gasteiger partial charge in [0.25, 0.3) is 5.91 Å². The van der Waals surface area contributed by atoms with E-state index in [1.54, 1.807) is 0 Å². The van der Waals surface area contributed by atoms with Gasteiger partial charge in [0, 0.05) is 12.1 Å². The number of pyridine rings is 1. The third-order valence-electron chi connectivity index (χ3n) is 4.36. The largest absolute Gasteiger partial charge is 0.490 e. The number of anilines is 1. The monoisotopic (exact) mass is 552 g/mol. The number of nitrogens with zero attached hydrogens (tertiary/aromatic N) is 1. The van der Waals surface area contributed by atoms with Crippen LogP contribution >= 0.6 is 0 Å². The third-order valence-corrected chi connectivity index (χ3v) is 4.36. The number of hydrogen-bond donors (Lipinski definition) is 5. The maximum atomic E-state index is 14.2. The van der Waals surface area contributed by atoms with E-state index in [4.69, 9.17) is 36.0 Å². The molecule has 1 fully saturated rings. The molecule has 0 bridgehead atoms. The van der Waals surface area contributed by atoms with Crippen molar-refractivity contribution in [3.63, 3.8) is 0 Å². The average Bonchev–Trinajstić information content (AvgIpc) is 2.74. The van der Waals surface area contributed by atoms with Gasteiger partial charge < -0.3 is 31.7 Å². The number of alkyl halides is 6. The Morgan fingerprint density at radius 2 is 1.49 bits per heavy atom. The zero-order valence-corrected chi connectivity index (χ0v) is 19.6. The van der Waals surface area contributed by atoms with E-state index in [9.17, 15) is 35.5 Å². The van der Waals surface area contributed by atoms with Crippen molar-refractivity contribution in [3.05, 3.63) is 17.4 Å². The third kappa shape index (κ3) is 13.5. The van der Waals surface area contributed by atoms with Gasteiger partial charge in [-0.15, -0.1) is 0 Å². The first-order valence-corrected chi connectivity index (χ1v) is 10.5. The molecule has 0 radical (unpaired) electrons. The predicted molar refractivity (Wildman–Crippen MR) is 114 cm³/mol. The summed E-state index contributed by atoms with van der Waals surface area (Å²) >= 11 is 0. The van der Waals surface area contributed by atoms with Gasteiger partial charge in [-0.3, -0.25) is 4.79 Å². The SMILES string of the molecule is CC(C)COc1nc(NC2CCC(N)CC2)c(F)cc1C(N)=O.O=C(O)C(F)(F)F.O=C(O)C(F)(F)F. The normalized spacial score (nSPS) is 17.5. The highest BCUT2D eigenvalue weighted by atomic mass is 19.4. The van der Waals surface area contributed by atoms with Gasteiger partial charge in [0.2, 0.25) is 5.88 Å². The van der Waals surface area contributed by atoms with E-state index >= 15 is 0 Å². The summed E-state index contributed by atoms with van der Waals surface area (Å²) in [6.45, 7) is 4.31. The lowest BCUT2D eigenvalue weighted by atomic mass is 9.92. The molecule has 2 rings (SSSR count). The zero-order valence-electron chi connectivity index (χ0n) is 19.6. The molecule has 0 aromatic carbocycles. The summed E-state index contributed by atoms with van der Waals surface area (Å²) in [6.07, 6.45) is -6.64. The molecular weight excluding hydrogens is 525 g/mol. The van der Waals surface area contributed by atoms with Crippen molar-refractivity contribution in [2.75, 3.05) is 11.9 Å². The molecule has 1 aromatic rings. The molecule has 37 heavy (non-hydrogen) atoms. The van der Waals surface area contributed by atoms with Crippen LogP contribution in [0.25, 0.3) is 0 Å². The van der Waals surface area contributed by atoms with Gasteiger partial charge in [-0.1, -0.05) is 13.8 Å². The smallest absolute Gasteiger partial charge is 0.477 e. The molecule has 212 valence electrons. The molecule has 1 aliphatic rings. The lowest BCUT2D eigenvalue weighted by Crippen LogP contribution is -2.33. The van der Waals surface area contributed by atoms with Crippen LogP contribution in [0.4, 0.5) is 36.6 Å². The summed E-state index contributed by atoms with van der Waals surface area (Å²) in [5, 5.41) is 17.3. The fourth-order valence-corrected chi connectivity index (χ4v) is 2.56. The van der Waals surface area contributed by atoms with E-state index in [-0.39, 0.29) is 35.3 Å². The van der Waals surface area contributed by atoms with E-state index < -0.39 is 36.0 Å². The molecule has 1 saturated carbocycles. The molecule has 17 heteroatoms. The molecule has 0 atom stereocenters. The number of carboxylic acids is 2. The molecule has 0 unspecified atom stereocenters. The van der Waals surface area contributed by atoms with Gasteiger partial charge in [-0.05, 0) is 37.7 Å². The highest BCUT2D eigenvalue weighted by molar-refractivity contribution is 5.95. The predicted octanol–water partition coefficient (Wildman–Crippen LogP) is 3.30. The Labute approximate surface area is 206 Å². The van der Waals surface area contributed by atoms with E-state index in [2.05, 4.69) is 10.3 Å². The number of ether oxygens (including phenoxy) is 1. The first kappa shape index (κ1) is 33.6. The van der Waals surface area contributed by atoms with Crippen LogP contribution in [0.2, 0.25) is 0 Å². The van der Waals surface area contributed by atoms with Crippen molar-refractivity contribution in [1.29, 1.82) is 0 Å². The molecule has 0 aliphatic heterocycles. The van der Waals surface area contributed by atoms with Gasteiger partial charge in [0.05, 0.1) is 6.61 Å². The lowest BCUT2D eigenvalue weighted by molar-refractivity contribution is -0.193. The van der Waals surface area contributed by atoms with Crippen molar-refractivity contribution in [2.24, 2.45) is 17.4 Å². The molecule has 1 heterocycles. The number of aliphatic carboxylic acids is 2. The second-order valence-electron chi connectivity index (χ2n) is 8.10. The molecular formula is C20H27F7N4O6. The van der Waals surface area contributed by atoms with Crippen molar-refractivity contribution in [3.8, 4) is 5.88 Å². The number of carbonyl (C=O) groups is 3. The summed E-state index contributed by atoms with van der Waals surface area (Å²) in [5.74, 6) is -6.47. The molecule has 10 nitrogen and oxygen atoms in total. The highest BCUT2D eigenvalue weighted by Gasteiger charge is 2.38. The second-order valence-corrected chi connectivity index (χ2v) is 8.10. The Kier molecular flexibility index (Phi) is 13.1. The van der Waals surface area contributed by atoms with Gasteiger partial charge >= 0.3 is 24.3 Å². The number of hydrogen-bond acceptors (Lipinski definition) is 7. The Balaban J connectivity index is 0.000000761. The quantitative estimate of drug-likeness (QED) is 0.331. The van der Waals surface area contributed by atoms with Crippen LogP contribution in [0.1, 0.15) is 49.9 Å². The fraction of sp³-hybridized carbons (Fsp3) is 0.600. The summed E-state index contributed by atoms with van der Waals surface area (Å²) in [7, 11) is 0. The van der Waals surface area contributed by atoms with E-state index in [0.29, 0.717) is 6.61 Å². The number of carbonyl (C=O) groups excluding carboxylic acids is 1.